The van der Waals surface area contributed by atoms with E-state index in [0.29, 0.717) is 16.8 Å². The quantitative estimate of drug-likeness (QED) is 0.820. The van der Waals surface area contributed by atoms with Crippen LogP contribution in [-0.4, -0.2) is 31.9 Å². The summed E-state index contributed by atoms with van der Waals surface area (Å²) >= 11 is 1.35. The lowest BCUT2D eigenvalue weighted by molar-refractivity contribution is -0.119. The normalized spacial score (nSPS) is 15.7. The third-order valence-corrected chi connectivity index (χ3v) is 4.49. The van der Waals surface area contributed by atoms with Crippen molar-refractivity contribution < 1.29 is 4.79 Å². The SMILES string of the molecule is Cn1nnnc1SCC(=O)NC(c1ccccc1)C1CC1. The van der Waals surface area contributed by atoms with Gasteiger partial charge in [-0.15, -0.1) is 5.10 Å². The van der Waals surface area contributed by atoms with E-state index < -0.39 is 0 Å². The van der Waals surface area contributed by atoms with Gasteiger partial charge >= 0.3 is 0 Å². The van der Waals surface area contributed by atoms with E-state index in [1.165, 1.54) is 30.2 Å². The first kappa shape index (κ1) is 14.1. The summed E-state index contributed by atoms with van der Waals surface area (Å²) in [6, 6.07) is 10.3. The number of thioether (sulfide) groups is 1. The molecular weight excluding hydrogens is 286 g/mol. The number of aryl methyl sites for hydroxylation is 1. The van der Waals surface area contributed by atoms with E-state index in [4.69, 9.17) is 0 Å². The summed E-state index contributed by atoms with van der Waals surface area (Å²) in [5, 5.41) is 14.9. The van der Waals surface area contributed by atoms with Crippen LogP contribution in [-0.2, 0) is 11.8 Å². The first-order valence-electron chi connectivity index (χ1n) is 6.93. The lowest BCUT2D eigenvalue weighted by Gasteiger charge is -2.18. The minimum absolute atomic E-state index is 0.0174. The highest BCUT2D eigenvalue weighted by atomic mass is 32.2. The van der Waals surface area contributed by atoms with Crippen molar-refractivity contribution in [3.8, 4) is 0 Å². The van der Waals surface area contributed by atoms with Crippen LogP contribution >= 0.6 is 11.8 Å². The number of carbonyl (C=O) groups excluding carboxylic acids is 1. The average molecular weight is 303 g/mol. The molecule has 1 atom stereocenters. The predicted molar refractivity (Wildman–Crippen MR) is 79.6 cm³/mol. The molecule has 0 bridgehead atoms. The van der Waals surface area contributed by atoms with Crippen LogP contribution in [0.25, 0.3) is 0 Å². The fraction of sp³-hybridized carbons (Fsp3) is 0.429. The number of hydrogen-bond donors (Lipinski definition) is 1. The maximum Gasteiger partial charge on any atom is 0.230 e. The monoisotopic (exact) mass is 303 g/mol. The zero-order valence-corrected chi connectivity index (χ0v) is 12.6. The van der Waals surface area contributed by atoms with E-state index >= 15 is 0 Å². The lowest BCUT2D eigenvalue weighted by atomic mass is 10.0. The number of tetrazole rings is 1. The predicted octanol–water partition coefficient (Wildman–Crippen LogP) is 1.57. The van der Waals surface area contributed by atoms with Crippen LogP contribution in [0.15, 0.2) is 35.5 Å². The highest BCUT2D eigenvalue weighted by molar-refractivity contribution is 7.99. The van der Waals surface area contributed by atoms with Crippen molar-refractivity contribution in [1.29, 1.82) is 0 Å². The number of benzene rings is 1. The second-order valence-corrected chi connectivity index (χ2v) is 6.11. The largest absolute Gasteiger partial charge is 0.348 e. The van der Waals surface area contributed by atoms with Gasteiger partial charge in [-0.2, -0.15) is 0 Å². The van der Waals surface area contributed by atoms with Gasteiger partial charge in [0, 0.05) is 7.05 Å². The van der Waals surface area contributed by atoms with Crippen molar-refractivity contribution >= 4 is 17.7 Å². The molecule has 1 unspecified atom stereocenters. The fourth-order valence-electron chi connectivity index (χ4n) is 2.25. The van der Waals surface area contributed by atoms with Crippen LogP contribution in [0.2, 0.25) is 0 Å². The molecule has 7 heteroatoms. The molecule has 2 aromatic rings. The Morgan fingerprint density at radius 3 is 2.81 bits per heavy atom. The summed E-state index contributed by atoms with van der Waals surface area (Å²) in [6.45, 7) is 0. The summed E-state index contributed by atoms with van der Waals surface area (Å²) in [6.07, 6.45) is 2.36. The number of aromatic nitrogens is 4. The van der Waals surface area contributed by atoms with Crippen molar-refractivity contribution in [3.63, 3.8) is 0 Å². The Morgan fingerprint density at radius 1 is 1.43 bits per heavy atom. The number of nitrogens with zero attached hydrogens (tertiary/aromatic N) is 4. The Kier molecular flexibility index (Phi) is 4.19. The van der Waals surface area contributed by atoms with Crippen LogP contribution in [0.5, 0.6) is 0 Å². The highest BCUT2D eigenvalue weighted by Gasteiger charge is 2.33. The molecular formula is C14H17N5OS. The third kappa shape index (κ3) is 3.60. The minimum Gasteiger partial charge on any atom is -0.348 e. The molecule has 1 aliphatic carbocycles. The van der Waals surface area contributed by atoms with Gasteiger partial charge in [0.1, 0.15) is 0 Å². The molecule has 1 aromatic heterocycles. The third-order valence-electron chi connectivity index (χ3n) is 3.48. The molecule has 3 rings (SSSR count). The summed E-state index contributed by atoms with van der Waals surface area (Å²) in [7, 11) is 1.76. The molecule has 0 radical (unpaired) electrons. The standard InChI is InChI=1S/C14H17N5OS/c1-19-14(16-17-18-19)21-9-12(20)15-13(11-7-8-11)10-5-3-2-4-6-10/h2-6,11,13H,7-9H2,1H3,(H,15,20). The number of nitrogens with one attached hydrogen (secondary N) is 1. The van der Waals surface area contributed by atoms with Gasteiger partial charge in [-0.3, -0.25) is 4.79 Å². The Hall–Kier alpha value is -1.89. The molecule has 21 heavy (non-hydrogen) atoms. The Balaban J connectivity index is 1.58. The molecule has 110 valence electrons. The highest BCUT2D eigenvalue weighted by Crippen LogP contribution is 2.40. The van der Waals surface area contributed by atoms with E-state index in [0.717, 1.165) is 0 Å². The number of amides is 1. The van der Waals surface area contributed by atoms with E-state index in [-0.39, 0.29) is 11.9 Å². The van der Waals surface area contributed by atoms with Crippen molar-refractivity contribution in [2.75, 3.05) is 5.75 Å². The van der Waals surface area contributed by atoms with E-state index in [1.807, 2.05) is 18.2 Å². The zero-order chi connectivity index (χ0) is 14.7. The Morgan fingerprint density at radius 2 is 2.19 bits per heavy atom. The van der Waals surface area contributed by atoms with Gasteiger partial charge in [-0.1, -0.05) is 42.1 Å². The smallest absolute Gasteiger partial charge is 0.230 e. The molecule has 1 amide bonds. The van der Waals surface area contributed by atoms with Gasteiger partial charge in [-0.25, -0.2) is 4.68 Å². The van der Waals surface area contributed by atoms with Crippen molar-refractivity contribution in [3.05, 3.63) is 35.9 Å². The minimum atomic E-state index is 0.0174. The van der Waals surface area contributed by atoms with Gasteiger partial charge < -0.3 is 5.32 Å². The van der Waals surface area contributed by atoms with Crippen LogP contribution in [0, 0.1) is 5.92 Å². The molecule has 1 heterocycles. The van der Waals surface area contributed by atoms with Crippen LogP contribution in [0.3, 0.4) is 0 Å². The lowest BCUT2D eigenvalue weighted by Crippen LogP contribution is -2.31. The summed E-state index contributed by atoms with van der Waals surface area (Å²) in [5.74, 6) is 0.908. The molecule has 1 fully saturated rings. The number of hydrogen-bond acceptors (Lipinski definition) is 5. The fourth-order valence-corrected chi connectivity index (χ4v) is 2.91. The summed E-state index contributed by atoms with van der Waals surface area (Å²) in [5.41, 5.74) is 1.18. The van der Waals surface area contributed by atoms with Crippen molar-refractivity contribution in [2.45, 2.75) is 24.0 Å². The van der Waals surface area contributed by atoms with Gasteiger partial charge in [0.25, 0.3) is 0 Å². The van der Waals surface area contributed by atoms with Crippen molar-refractivity contribution in [1.82, 2.24) is 25.5 Å². The van der Waals surface area contributed by atoms with Crippen molar-refractivity contribution in [2.24, 2.45) is 13.0 Å². The van der Waals surface area contributed by atoms with E-state index in [9.17, 15) is 4.79 Å². The van der Waals surface area contributed by atoms with Crippen LogP contribution in [0.1, 0.15) is 24.4 Å². The molecule has 6 nitrogen and oxygen atoms in total. The molecule has 1 saturated carbocycles. The Labute approximate surface area is 127 Å². The molecule has 0 saturated heterocycles. The average Bonchev–Trinajstić information content (AvgIpc) is 3.26. The van der Waals surface area contributed by atoms with Gasteiger partial charge in [0.05, 0.1) is 11.8 Å². The van der Waals surface area contributed by atoms with Crippen LogP contribution in [0.4, 0.5) is 0 Å². The summed E-state index contributed by atoms with van der Waals surface area (Å²) in [4.78, 5) is 12.2. The molecule has 0 aliphatic heterocycles. The second-order valence-electron chi connectivity index (χ2n) is 5.17. The number of carbonyl (C=O) groups is 1. The maximum atomic E-state index is 12.2. The second kappa shape index (κ2) is 6.26. The molecule has 1 aromatic carbocycles. The molecule has 1 aliphatic rings. The van der Waals surface area contributed by atoms with Crippen LogP contribution < -0.4 is 5.32 Å². The van der Waals surface area contributed by atoms with Gasteiger partial charge in [-0.05, 0) is 34.7 Å². The molecule has 1 N–H and O–H groups in total. The number of rotatable bonds is 6. The first-order chi connectivity index (χ1) is 10.2. The van der Waals surface area contributed by atoms with Gasteiger partial charge in [0.15, 0.2) is 0 Å². The Bertz CT molecular complexity index is 611. The topological polar surface area (TPSA) is 72.7 Å². The summed E-state index contributed by atoms with van der Waals surface area (Å²) < 4.78 is 1.56. The van der Waals surface area contributed by atoms with E-state index in [2.05, 4.69) is 33.0 Å². The van der Waals surface area contributed by atoms with E-state index in [1.54, 1.807) is 11.7 Å². The maximum absolute atomic E-state index is 12.2. The zero-order valence-electron chi connectivity index (χ0n) is 11.8. The first-order valence-corrected chi connectivity index (χ1v) is 7.92. The molecule has 0 spiro atoms. The van der Waals surface area contributed by atoms with Gasteiger partial charge in [0.2, 0.25) is 11.1 Å².